The third-order valence-corrected chi connectivity index (χ3v) is 4.47. The molecular formula is C20H22N2O4. The smallest absolute Gasteiger partial charge is 0.354 e. The van der Waals surface area contributed by atoms with E-state index in [0.717, 1.165) is 19.3 Å². The molecule has 0 bridgehead atoms. The summed E-state index contributed by atoms with van der Waals surface area (Å²) in [6, 6.07) is 13.2. The van der Waals surface area contributed by atoms with Crippen molar-refractivity contribution in [1.82, 2.24) is 9.88 Å². The fourth-order valence-electron chi connectivity index (χ4n) is 3.05. The summed E-state index contributed by atoms with van der Waals surface area (Å²) in [5, 5.41) is 8.86. The van der Waals surface area contributed by atoms with E-state index in [2.05, 4.69) is 17.1 Å². The summed E-state index contributed by atoms with van der Waals surface area (Å²) < 4.78 is 5.90. The molecule has 1 aliphatic rings. The van der Waals surface area contributed by atoms with Gasteiger partial charge < -0.3 is 14.7 Å². The van der Waals surface area contributed by atoms with E-state index in [-0.39, 0.29) is 17.7 Å². The normalized spacial score (nSPS) is 16.6. The molecule has 0 radical (unpaired) electrons. The van der Waals surface area contributed by atoms with Gasteiger partial charge in [0.2, 0.25) is 0 Å². The number of pyridine rings is 1. The lowest BCUT2D eigenvalue weighted by molar-refractivity contribution is 0.0524. The molecule has 1 atom stereocenters. The number of carboxylic acid groups (broad SMARTS) is 1. The van der Waals surface area contributed by atoms with Crippen LogP contribution in [0.3, 0.4) is 0 Å². The molecule has 0 aliphatic carbocycles. The molecule has 6 nitrogen and oxygen atoms in total. The van der Waals surface area contributed by atoms with Crippen molar-refractivity contribution in [1.29, 1.82) is 0 Å². The van der Waals surface area contributed by atoms with Gasteiger partial charge in [-0.1, -0.05) is 30.3 Å². The standard InChI is InChI=1S/C20H22N2O4/c23-19(16-8-9-18(20(24)25)21-13-16)22-11-10-17(14-22)26-12-4-7-15-5-2-1-3-6-15/h1-3,5-6,8-9,13,17H,4,7,10-12,14H2,(H,24,25)/t17-/m0/s1. The van der Waals surface area contributed by atoms with E-state index in [9.17, 15) is 9.59 Å². The Bertz CT molecular complexity index is 746. The van der Waals surface area contributed by atoms with Crippen molar-refractivity contribution in [2.24, 2.45) is 0 Å². The SMILES string of the molecule is O=C(O)c1ccc(C(=O)N2CC[C@H](OCCCc3ccccc3)C2)cn1. The van der Waals surface area contributed by atoms with E-state index in [1.165, 1.54) is 23.9 Å². The Balaban J connectivity index is 1.43. The first-order valence-electron chi connectivity index (χ1n) is 8.77. The van der Waals surface area contributed by atoms with E-state index in [4.69, 9.17) is 9.84 Å². The number of carbonyl (C=O) groups is 2. The maximum Gasteiger partial charge on any atom is 0.354 e. The minimum Gasteiger partial charge on any atom is -0.477 e. The van der Waals surface area contributed by atoms with Crippen LogP contribution in [0.4, 0.5) is 0 Å². The molecule has 6 heteroatoms. The van der Waals surface area contributed by atoms with Crippen LogP contribution < -0.4 is 0 Å². The molecule has 3 rings (SSSR count). The maximum atomic E-state index is 12.5. The van der Waals surface area contributed by atoms with E-state index < -0.39 is 5.97 Å². The molecule has 26 heavy (non-hydrogen) atoms. The van der Waals surface area contributed by atoms with Crippen molar-refractivity contribution in [3.8, 4) is 0 Å². The summed E-state index contributed by atoms with van der Waals surface area (Å²) in [5.41, 5.74) is 1.64. The van der Waals surface area contributed by atoms with Crippen LogP contribution in [0.25, 0.3) is 0 Å². The van der Waals surface area contributed by atoms with E-state index in [1.54, 1.807) is 4.90 Å². The van der Waals surface area contributed by atoms with Crippen LogP contribution in [0.15, 0.2) is 48.7 Å². The first kappa shape index (κ1) is 18.1. The van der Waals surface area contributed by atoms with Crippen molar-refractivity contribution < 1.29 is 19.4 Å². The van der Waals surface area contributed by atoms with Gasteiger partial charge in [0.05, 0.1) is 11.7 Å². The number of aromatic nitrogens is 1. The van der Waals surface area contributed by atoms with Gasteiger partial charge in [0.1, 0.15) is 5.69 Å². The van der Waals surface area contributed by atoms with Crippen LogP contribution in [-0.4, -0.2) is 52.7 Å². The summed E-state index contributed by atoms with van der Waals surface area (Å²) in [4.78, 5) is 28.8. The Hall–Kier alpha value is -2.73. The monoisotopic (exact) mass is 354 g/mol. The first-order valence-corrected chi connectivity index (χ1v) is 8.77. The van der Waals surface area contributed by atoms with Gasteiger partial charge in [-0.15, -0.1) is 0 Å². The summed E-state index contributed by atoms with van der Waals surface area (Å²) in [6.45, 7) is 1.88. The molecule has 2 heterocycles. The second-order valence-corrected chi connectivity index (χ2v) is 6.36. The van der Waals surface area contributed by atoms with E-state index >= 15 is 0 Å². The lowest BCUT2D eigenvalue weighted by atomic mass is 10.1. The van der Waals surface area contributed by atoms with E-state index in [0.29, 0.717) is 25.3 Å². The molecule has 1 fully saturated rings. The fourth-order valence-corrected chi connectivity index (χ4v) is 3.05. The maximum absolute atomic E-state index is 12.5. The Morgan fingerprint density at radius 2 is 2.00 bits per heavy atom. The number of aromatic carboxylic acids is 1. The highest BCUT2D eigenvalue weighted by molar-refractivity contribution is 5.95. The van der Waals surface area contributed by atoms with Gasteiger partial charge in [0.25, 0.3) is 5.91 Å². The molecule has 1 aromatic heterocycles. The van der Waals surface area contributed by atoms with Gasteiger partial charge >= 0.3 is 5.97 Å². The molecule has 1 N–H and O–H groups in total. The number of amides is 1. The Labute approximate surface area is 152 Å². The minimum absolute atomic E-state index is 0.0565. The predicted molar refractivity (Wildman–Crippen MR) is 96.2 cm³/mol. The highest BCUT2D eigenvalue weighted by Crippen LogP contribution is 2.16. The number of nitrogens with zero attached hydrogens (tertiary/aromatic N) is 2. The number of hydrogen-bond donors (Lipinski definition) is 1. The average molecular weight is 354 g/mol. The molecule has 0 unspecified atom stereocenters. The van der Waals surface area contributed by atoms with Crippen LogP contribution in [-0.2, 0) is 11.2 Å². The van der Waals surface area contributed by atoms with Gasteiger partial charge in [0, 0.05) is 25.9 Å². The number of carboxylic acids is 1. The Morgan fingerprint density at radius 1 is 1.19 bits per heavy atom. The zero-order valence-electron chi connectivity index (χ0n) is 14.5. The van der Waals surface area contributed by atoms with Crippen molar-refractivity contribution in [3.05, 3.63) is 65.5 Å². The molecule has 2 aromatic rings. The summed E-state index contributed by atoms with van der Waals surface area (Å²) in [6.07, 6.45) is 4.13. The summed E-state index contributed by atoms with van der Waals surface area (Å²) in [5.74, 6) is -1.24. The van der Waals surface area contributed by atoms with Crippen molar-refractivity contribution >= 4 is 11.9 Å². The average Bonchev–Trinajstić information content (AvgIpc) is 3.14. The van der Waals surface area contributed by atoms with Crippen LogP contribution in [0, 0.1) is 0 Å². The largest absolute Gasteiger partial charge is 0.477 e. The first-order chi connectivity index (χ1) is 12.6. The predicted octanol–water partition coefficient (Wildman–Crippen LogP) is 2.64. The second-order valence-electron chi connectivity index (χ2n) is 6.36. The topological polar surface area (TPSA) is 79.7 Å². The Kier molecular flexibility index (Phi) is 5.96. The number of likely N-dealkylation sites (tertiary alicyclic amines) is 1. The zero-order valence-corrected chi connectivity index (χ0v) is 14.5. The lowest BCUT2D eigenvalue weighted by Gasteiger charge is -2.16. The third-order valence-electron chi connectivity index (χ3n) is 4.47. The highest BCUT2D eigenvalue weighted by Gasteiger charge is 2.27. The number of ether oxygens (including phenoxy) is 1. The number of benzene rings is 1. The lowest BCUT2D eigenvalue weighted by Crippen LogP contribution is -2.30. The van der Waals surface area contributed by atoms with Gasteiger partial charge in [-0.3, -0.25) is 4.79 Å². The zero-order chi connectivity index (χ0) is 18.4. The summed E-state index contributed by atoms with van der Waals surface area (Å²) in [7, 11) is 0. The van der Waals surface area contributed by atoms with Crippen molar-refractivity contribution in [3.63, 3.8) is 0 Å². The van der Waals surface area contributed by atoms with Crippen molar-refractivity contribution in [2.45, 2.75) is 25.4 Å². The number of aryl methyl sites for hydroxylation is 1. The molecule has 1 aliphatic heterocycles. The second kappa shape index (κ2) is 8.58. The van der Waals surface area contributed by atoms with Crippen LogP contribution >= 0.6 is 0 Å². The van der Waals surface area contributed by atoms with Gasteiger partial charge in [-0.05, 0) is 37.0 Å². The fraction of sp³-hybridized carbons (Fsp3) is 0.350. The molecular weight excluding hydrogens is 332 g/mol. The van der Waals surface area contributed by atoms with Crippen molar-refractivity contribution in [2.75, 3.05) is 19.7 Å². The van der Waals surface area contributed by atoms with Crippen LogP contribution in [0.2, 0.25) is 0 Å². The quantitative estimate of drug-likeness (QED) is 0.773. The molecule has 136 valence electrons. The molecule has 0 spiro atoms. The highest BCUT2D eigenvalue weighted by atomic mass is 16.5. The molecule has 0 saturated carbocycles. The van der Waals surface area contributed by atoms with Gasteiger partial charge in [-0.2, -0.15) is 0 Å². The summed E-state index contributed by atoms with van der Waals surface area (Å²) >= 11 is 0. The number of rotatable bonds is 7. The third kappa shape index (κ3) is 4.67. The molecule has 1 aromatic carbocycles. The van der Waals surface area contributed by atoms with E-state index in [1.807, 2.05) is 18.2 Å². The van der Waals surface area contributed by atoms with Gasteiger partial charge in [0.15, 0.2) is 0 Å². The number of carbonyl (C=O) groups excluding carboxylic acids is 1. The molecule has 1 saturated heterocycles. The number of hydrogen-bond acceptors (Lipinski definition) is 4. The van der Waals surface area contributed by atoms with Crippen LogP contribution in [0.5, 0.6) is 0 Å². The Morgan fingerprint density at radius 3 is 2.69 bits per heavy atom. The van der Waals surface area contributed by atoms with Crippen LogP contribution in [0.1, 0.15) is 39.3 Å². The molecule has 1 amide bonds. The minimum atomic E-state index is -1.10. The van der Waals surface area contributed by atoms with Gasteiger partial charge in [-0.25, -0.2) is 9.78 Å².